The topological polar surface area (TPSA) is 0 Å². The molecule has 27 heavy (non-hydrogen) atoms. The maximum Gasteiger partial charge on any atom is 0.138 e. The zero-order chi connectivity index (χ0) is 18.6. The van der Waals surface area contributed by atoms with Crippen molar-refractivity contribution < 1.29 is 0 Å². The van der Waals surface area contributed by atoms with Gasteiger partial charge in [0.05, 0.1) is 0 Å². The van der Waals surface area contributed by atoms with Crippen LogP contribution in [0.3, 0.4) is 0 Å². The molecule has 0 aromatic heterocycles. The second-order valence-electron chi connectivity index (χ2n) is 10.7. The van der Waals surface area contributed by atoms with Gasteiger partial charge in [0.15, 0.2) is 0 Å². The Hall–Kier alpha value is -1.50. The van der Waals surface area contributed by atoms with Crippen LogP contribution in [0.2, 0.25) is 13.6 Å². The van der Waals surface area contributed by atoms with Gasteiger partial charge >= 0.3 is 0 Å². The Balaban J connectivity index is 1.50. The Kier molecular flexibility index (Phi) is 4.08. The van der Waals surface area contributed by atoms with E-state index in [1.165, 1.54) is 56.0 Å². The van der Waals surface area contributed by atoms with E-state index in [-0.39, 0.29) is 0 Å². The molecular formula is C26H33B. The van der Waals surface area contributed by atoms with E-state index >= 15 is 0 Å². The Labute approximate surface area is 165 Å². The van der Waals surface area contributed by atoms with E-state index < -0.39 is 0 Å². The van der Waals surface area contributed by atoms with Crippen LogP contribution in [0.1, 0.15) is 60.8 Å². The van der Waals surface area contributed by atoms with Crippen molar-refractivity contribution in [3.05, 3.63) is 70.8 Å². The SMILES string of the molecule is CB(C)Cc1ccc(C23CC4CC(CC(c5ccc(C)cc5)(C4)C2)C3)cc1. The lowest BCUT2D eigenvalue weighted by Gasteiger charge is -2.63. The Morgan fingerprint density at radius 2 is 1.26 bits per heavy atom. The van der Waals surface area contributed by atoms with Crippen molar-refractivity contribution in [2.24, 2.45) is 11.8 Å². The van der Waals surface area contributed by atoms with Crippen molar-refractivity contribution >= 4 is 6.71 Å². The van der Waals surface area contributed by atoms with Gasteiger partial charge in [-0.15, -0.1) is 0 Å². The first-order chi connectivity index (χ1) is 13.0. The summed E-state index contributed by atoms with van der Waals surface area (Å²) in [6.45, 7) is 7.58. The zero-order valence-corrected chi connectivity index (χ0v) is 17.3. The quantitative estimate of drug-likeness (QED) is 0.540. The van der Waals surface area contributed by atoms with Crippen molar-refractivity contribution in [1.82, 2.24) is 0 Å². The third-order valence-electron chi connectivity index (χ3n) is 7.94. The monoisotopic (exact) mass is 356 g/mol. The fourth-order valence-corrected chi connectivity index (χ4v) is 7.31. The van der Waals surface area contributed by atoms with Crippen LogP contribution in [0.25, 0.3) is 0 Å². The first kappa shape index (κ1) is 17.6. The lowest BCUT2D eigenvalue weighted by atomic mass is 9.41. The highest BCUT2D eigenvalue weighted by atomic mass is 14.6. The lowest BCUT2D eigenvalue weighted by molar-refractivity contribution is -0.0281. The summed E-state index contributed by atoms with van der Waals surface area (Å²) in [6.07, 6.45) is 9.78. The molecular weight excluding hydrogens is 323 g/mol. The molecule has 140 valence electrons. The molecule has 0 amide bonds. The Morgan fingerprint density at radius 1 is 0.778 bits per heavy atom. The predicted molar refractivity (Wildman–Crippen MR) is 117 cm³/mol. The van der Waals surface area contributed by atoms with Crippen LogP contribution in [-0.4, -0.2) is 6.71 Å². The van der Waals surface area contributed by atoms with Gasteiger partial charge in [-0.05, 0) is 85.6 Å². The maximum atomic E-state index is 2.49. The molecule has 4 fully saturated rings. The molecule has 2 aromatic rings. The summed E-state index contributed by atoms with van der Waals surface area (Å²) in [5, 5.41) is 0. The van der Waals surface area contributed by atoms with Crippen molar-refractivity contribution in [3.8, 4) is 0 Å². The average Bonchev–Trinajstić information content (AvgIpc) is 2.61. The molecule has 6 rings (SSSR count). The average molecular weight is 356 g/mol. The van der Waals surface area contributed by atoms with Gasteiger partial charge in [-0.25, -0.2) is 0 Å². The summed E-state index contributed by atoms with van der Waals surface area (Å²) in [5.74, 6) is 1.87. The number of hydrogen-bond acceptors (Lipinski definition) is 0. The van der Waals surface area contributed by atoms with Crippen molar-refractivity contribution in [1.29, 1.82) is 0 Å². The van der Waals surface area contributed by atoms with Crippen LogP contribution in [0, 0.1) is 18.8 Å². The van der Waals surface area contributed by atoms with Gasteiger partial charge in [0.2, 0.25) is 0 Å². The van der Waals surface area contributed by atoms with Gasteiger partial charge in [0.1, 0.15) is 6.71 Å². The molecule has 4 aliphatic rings. The first-order valence-corrected chi connectivity index (χ1v) is 11.1. The van der Waals surface area contributed by atoms with E-state index in [2.05, 4.69) is 69.1 Å². The van der Waals surface area contributed by atoms with Gasteiger partial charge in [-0.3, -0.25) is 0 Å². The molecule has 4 bridgehead atoms. The summed E-state index contributed by atoms with van der Waals surface area (Å²) in [4.78, 5) is 0. The third kappa shape index (κ3) is 2.98. The van der Waals surface area contributed by atoms with E-state index in [1.807, 2.05) is 0 Å². The van der Waals surface area contributed by atoms with Gasteiger partial charge in [-0.2, -0.15) is 0 Å². The number of aryl methyl sites for hydroxylation is 1. The second kappa shape index (κ2) is 6.26. The van der Waals surface area contributed by atoms with Crippen LogP contribution >= 0.6 is 0 Å². The normalized spacial score (nSPS) is 34.0. The van der Waals surface area contributed by atoms with Gasteiger partial charge in [0.25, 0.3) is 0 Å². The molecule has 2 atom stereocenters. The van der Waals surface area contributed by atoms with Crippen molar-refractivity contribution in [2.45, 2.75) is 76.2 Å². The second-order valence-corrected chi connectivity index (χ2v) is 10.7. The van der Waals surface area contributed by atoms with E-state index in [0.717, 1.165) is 18.5 Å². The van der Waals surface area contributed by atoms with E-state index in [4.69, 9.17) is 0 Å². The van der Waals surface area contributed by atoms with E-state index in [1.54, 1.807) is 11.1 Å². The summed E-state index contributed by atoms with van der Waals surface area (Å²) in [5.41, 5.74) is 7.04. The van der Waals surface area contributed by atoms with Crippen LogP contribution in [0.15, 0.2) is 48.5 Å². The zero-order valence-electron chi connectivity index (χ0n) is 17.3. The first-order valence-electron chi connectivity index (χ1n) is 11.1. The third-order valence-corrected chi connectivity index (χ3v) is 7.94. The summed E-state index contributed by atoms with van der Waals surface area (Å²) in [7, 11) is 0. The summed E-state index contributed by atoms with van der Waals surface area (Å²) < 4.78 is 0. The van der Waals surface area contributed by atoms with Gasteiger partial charge < -0.3 is 0 Å². The van der Waals surface area contributed by atoms with E-state index in [0.29, 0.717) is 10.8 Å². The molecule has 4 aliphatic carbocycles. The van der Waals surface area contributed by atoms with Gasteiger partial charge in [0, 0.05) is 0 Å². The lowest BCUT2D eigenvalue weighted by Crippen LogP contribution is -2.55. The minimum Gasteiger partial charge on any atom is -0.0860 e. The molecule has 4 saturated carbocycles. The highest BCUT2D eigenvalue weighted by Gasteiger charge is 2.58. The highest BCUT2D eigenvalue weighted by Crippen LogP contribution is 2.66. The van der Waals surface area contributed by atoms with Crippen molar-refractivity contribution in [3.63, 3.8) is 0 Å². The molecule has 0 N–H and O–H groups in total. The minimum absolute atomic E-state index is 0.436. The van der Waals surface area contributed by atoms with E-state index in [9.17, 15) is 0 Å². The Morgan fingerprint density at radius 3 is 1.74 bits per heavy atom. The molecule has 0 nitrogen and oxygen atoms in total. The molecule has 0 spiro atoms. The molecule has 0 aliphatic heterocycles. The minimum atomic E-state index is 0.436. The molecule has 0 saturated heterocycles. The highest BCUT2D eigenvalue weighted by molar-refractivity contribution is 6.55. The molecule has 0 radical (unpaired) electrons. The summed E-state index contributed by atoms with van der Waals surface area (Å²) >= 11 is 0. The maximum absolute atomic E-state index is 2.49. The summed E-state index contributed by atoms with van der Waals surface area (Å²) in [6, 6.07) is 19.4. The number of rotatable bonds is 4. The van der Waals surface area contributed by atoms with Crippen LogP contribution < -0.4 is 0 Å². The van der Waals surface area contributed by atoms with Crippen molar-refractivity contribution in [2.75, 3.05) is 0 Å². The smallest absolute Gasteiger partial charge is 0.0860 e. The largest absolute Gasteiger partial charge is 0.138 e. The molecule has 2 unspecified atom stereocenters. The molecule has 0 heterocycles. The molecule has 1 heteroatoms. The fraction of sp³-hybridized carbons (Fsp3) is 0.538. The predicted octanol–water partition coefficient (Wildman–Crippen LogP) is 6.62. The van der Waals surface area contributed by atoms with Crippen LogP contribution in [-0.2, 0) is 17.2 Å². The number of benzene rings is 2. The molecule has 2 aromatic carbocycles. The van der Waals surface area contributed by atoms with Crippen LogP contribution in [0.5, 0.6) is 0 Å². The van der Waals surface area contributed by atoms with Gasteiger partial charge in [-0.1, -0.05) is 73.3 Å². The fourth-order valence-electron chi connectivity index (χ4n) is 7.31. The number of hydrogen-bond donors (Lipinski definition) is 0. The standard InChI is InChI=1S/C26H33B/c1-19-4-8-23(9-5-19)25-13-21-12-22(14-25)16-26(15-21,18-25)24-10-6-20(7-11-24)17-27(2)3/h4-11,21-22H,12-18H2,1-3H3. The van der Waals surface area contributed by atoms with Crippen LogP contribution in [0.4, 0.5) is 0 Å². The Bertz CT molecular complexity index is 800.